The summed E-state index contributed by atoms with van der Waals surface area (Å²) in [5.74, 6) is -0.750. The highest BCUT2D eigenvalue weighted by atomic mass is 79.9. The molecule has 1 N–H and O–H groups in total. The summed E-state index contributed by atoms with van der Waals surface area (Å²) in [6, 6.07) is 2.20. The van der Waals surface area contributed by atoms with Gasteiger partial charge in [-0.15, -0.1) is 11.3 Å². The minimum Gasteiger partial charge on any atom is -0.481 e. The molecule has 0 aliphatic heterocycles. The van der Waals surface area contributed by atoms with Crippen LogP contribution in [0.3, 0.4) is 0 Å². The highest BCUT2D eigenvalue weighted by Gasteiger charge is 2.32. The lowest BCUT2D eigenvalue weighted by atomic mass is 9.85. The first-order valence-corrected chi connectivity index (χ1v) is 7.05. The van der Waals surface area contributed by atoms with Gasteiger partial charge in [0.2, 0.25) is 0 Å². The summed E-state index contributed by atoms with van der Waals surface area (Å²) < 4.78 is 1.05. The monoisotopic (exact) mass is 319 g/mol. The fourth-order valence-corrected chi connectivity index (χ4v) is 3.25. The van der Waals surface area contributed by atoms with E-state index in [1.54, 1.807) is 25.2 Å². The first-order valence-electron chi connectivity index (χ1n) is 5.38. The second-order valence-corrected chi connectivity index (χ2v) is 6.90. The average Bonchev–Trinajstić information content (AvgIpc) is 2.60. The standard InChI is InChI=1S/C12H18BrNO2S/c1-12(2,11(15)16)6-9(14(3)4)10-5-8(13)7-17-10/h5,7,9H,6H2,1-4H3,(H,15,16). The zero-order chi connectivity index (χ0) is 13.2. The van der Waals surface area contributed by atoms with E-state index < -0.39 is 11.4 Å². The highest BCUT2D eigenvalue weighted by Crippen LogP contribution is 2.36. The van der Waals surface area contributed by atoms with Crippen LogP contribution in [0.25, 0.3) is 0 Å². The van der Waals surface area contributed by atoms with Crippen LogP contribution in [0.4, 0.5) is 0 Å². The van der Waals surface area contributed by atoms with E-state index in [2.05, 4.69) is 26.9 Å². The highest BCUT2D eigenvalue weighted by molar-refractivity contribution is 9.10. The van der Waals surface area contributed by atoms with Crippen LogP contribution >= 0.6 is 27.3 Å². The molecule has 0 fully saturated rings. The first-order chi connectivity index (χ1) is 7.74. The van der Waals surface area contributed by atoms with E-state index in [4.69, 9.17) is 0 Å². The van der Waals surface area contributed by atoms with Crippen LogP contribution < -0.4 is 0 Å². The van der Waals surface area contributed by atoms with Crippen LogP contribution in [0.1, 0.15) is 31.2 Å². The average molecular weight is 320 g/mol. The van der Waals surface area contributed by atoms with Crippen LogP contribution in [0.15, 0.2) is 15.9 Å². The fraction of sp³-hybridized carbons (Fsp3) is 0.583. The number of carboxylic acid groups (broad SMARTS) is 1. The molecule has 0 saturated heterocycles. The molecule has 5 heteroatoms. The third-order valence-electron chi connectivity index (χ3n) is 2.82. The molecule has 0 aliphatic rings. The van der Waals surface area contributed by atoms with Gasteiger partial charge in [0.25, 0.3) is 0 Å². The van der Waals surface area contributed by atoms with Gasteiger partial charge in [-0.1, -0.05) is 0 Å². The molecule has 1 rings (SSSR count). The van der Waals surface area contributed by atoms with Crippen molar-refractivity contribution >= 4 is 33.2 Å². The maximum Gasteiger partial charge on any atom is 0.309 e. The number of thiophene rings is 1. The lowest BCUT2D eigenvalue weighted by molar-refractivity contribution is -0.148. The van der Waals surface area contributed by atoms with E-state index in [9.17, 15) is 9.90 Å². The van der Waals surface area contributed by atoms with Crippen molar-refractivity contribution < 1.29 is 9.90 Å². The van der Waals surface area contributed by atoms with E-state index in [0.29, 0.717) is 6.42 Å². The van der Waals surface area contributed by atoms with Crippen molar-refractivity contribution in [1.29, 1.82) is 0 Å². The number of halogens is 1. The summed E-state index contributed by atoms with van der Waals surface area (Å²) in [6.45, 7) is 3.54. The predicted octanol–water partition coefficient (Wildman–Crippen LogP) is 3.61. The van der Waals surface area contributed by atoms with Gasteiger partial charge < -0.3 is 10.0 Å². The molecular formula is C12H18BrNO2S. The van der Waals surface area contributed by atoms with Crippen molar-refractivity contribution in [2.75, 3.05) is 14.1 Å². The predicted molar refractivity (Wildman–Crippen MR) is 74.5 cm³/mol. The molecule has 17 heavy (non-hydrogen) atoms. The minimum absolute atomic E-state index is 0.136. The van der Waals surface area contributed by atoms with Crippen molar-refractivity contribution in [2.24, 2.45) is 5.41 Å². The number of hydrogen-bond acceptors (Lipinski definition) is 3. The number of carboxylic acids is 1. The van der Waals surface area contributed by atoms with E-state index in [0.717, 1.165) is 4.47 Å². The number of aliphatic carboxylic acids is 1. The molecule has 0 aliphatic carbocycles. The Morgan fingerprint density at radius 3 is 2.53 bits per heavy atom. The molecule has 0 spiro atoms. The van der Waals surface area contributed by atoms with Crippen molar-refractivity contribution in [2.45, 2.75) is 26.3 Å². The number of carbonyl (C=O) groups is 1. The summed E-state index contributed by atoms with van der Waals surface area (Å²) in [7, 11) is 3.96. The Kier molecular flexibility index (Phi) is 4.75. The molecule has 3 nitrogen and oxygen atoms in total. The van der Waals surface area contributed by atoms with Gasteiger partial charge >= 0.3 is 5.97 Å². The van der Waals surface area contributed by atoms with E-state index in [1.165, 1.54) is 4.88 Å². The second kappa shape index (κ2) is 5.50. The maximum absolute atomic E-state index is 11.2. The Labute approximate surface area is 115 Å². The number of rotatable bonds is 5. The van der Waals surface area contributed by atoms with Gasteiger partial charge in [0.1, 0.15) is 0 Å². The van der Waals surface area contributed by atoms with Crippen LogP contribution in [-0.2, 0) is 4.79 Å². The molecular weight excluding hydrogens is 302 g/mol. The number of nitrogens with zero attached hydrogens (tertiary/aromatic N) is 1. The zero-order valence-corrected chi connectivity index (χ0v) is 12.9. The molecule has 0 saturated carbocycles. The normalized spacial score (nSPS) is 14.0. The van der Waals surface area contributed by atoms with Crippen molar-refractivity contribution in [1.82, 2.24) is 4.90 Å². The Hall–Kier alpha value is -0.390. The fourth-order valence-electron chi connectivity index (χ4n) is 1.61. The molecule has 96 valence electrons. The van der Waals surface area contributed by atoms with Crippen molar-refractivity contribution in [3.63, 3.8) is 0 Å². The van der Waals surface area contributed by atoms with Gasteiger partial charge in [-0.05, 0) is 56.4 Å². The molecule has 1 aromatic heterocycles. The largest absolute Gasteiger partial charge is 0.481 e. The molecule has 1 heterocycles. The SMILES string of the molecule is CN(C)C(CC(C)(C)C(=O)O)c1cc(Br)cs1. The van der Waals surface area contributed by atoms with Gasteiger partial charge in [-0.2, -0.15) is 0 Å². The summed E-state index contributed by atoms with van der Waals surface area (Å²) in [5.41, 5.74) is -0.717. The van der Waals surface area contributed by atoms with Crippen LogP contribution in [-0.4, -0.2) is 30.1 Å². The van der Waals surface area contributed by atoms with Gasteiger partial charge in [-0.25, -0.2) is 0 Å². The minimum atomic E-state index is -0.750. The molecule has 0 radical (unpaired) electrons. The third kappa shape index (κ3) is 3.79. The molecule has 0 bridgehead atoms. The Morgan fingerprint density at radius 2 is 2.18 bits per heavy atom. The van der Waals surface area contributed by atoms with Crippen LogP contribution in [0, 0.1) is 5.41 Å². The van der Waals surface area contributed by atoms with Gasteiger partial charge in [-0.3, -0.25) is 4.79 Å². The molecule has 1 atom stereocenters. The van der Waals surface area contributed by atoms with Gasteiger partial charge in [0, 0.05) is 20.8 Å². The van der Waals surface area contributed by atoms with Crippen LogP contribution in [0.5, 0.6) is 0 Å². The number of hydrogen-bond donors (Lipinski definition) is 1. The van der Waals surface area contributed by atoms with Crippen molar-refractivity contribution in [3.05, 3.63) is 20.8 Å². The smallest absolute Gasteiger partial charge is 0.309 e. The topological polar surface area (TPSA) is 40.5 Å². The quantitative estimate of drug-likeness (QED) is 0.901. The lowest BCUT2D eigenvalue weighted by Gasteiger charge is -2.30. The molecule has 0 amide bonds. The first kappa shape index (κ1) is 14.7. The van der Waals surface area contributed by atoms with E-state index in [1.807, 2.05) is 19.5 Å². The summed E-state index contributed by atoms with van der Waals surface area (Å²) in [5, 5.41) is 11.2. The molecule has 1 aromatic rings. The van der Waals surface area contributed by atoms with Crippen LogP contribution in [0.2, 0.25) is 0 Å². The van der Waals surface area contributed by atoms with E-state index >= 15 is 0 Å². The Bertz CT molecular complexity index is 401. The maximum atomic E-state index is 11.2. The van der Waals surface area contributed by atoms with Gasteiger partial charge in [0.15, 0.2) is 0 Å². The lowest BCUT2D eigenvalue weighted by Crippen LogP contribution is -2.31. The Balaban J connectivity index is 2.92. The van der Waals surface area contributed by atoms with E-state index in [-0.39, 0.29) is 6.04 Å². The molecule has 1 unspecified atom stereocenters. The summed E-state index contributed by atoms with van der Waals surface area (Å²) in [6.07, 6.45) is 0.599. The molecule has 0 aromatic carbocycles. The Morgan fingerprint density at radius 1 is 1.59 bits per heavy atom. The van der Waals surface area contributed by atoms with Gasteiger partial charge in [0.05, 0.1) is 5.41 Å². The summed E-state index contributed by atoms with van der Waals surface area (Å²) >= 11 is 5.09. The second-order valence-electron chi connectivity index (χ2n) is 5.04. The van der Waals surface area contributed by atoms with Crippen molar-refractivity contribution in [3.8, 4) is 0 Å². The summed E-state index contributed by atoms with van der Waals surface area (Å²) in [4.78, 5) is 14.5. The third-order valence-corrected chi connectivity index (χ3v) is 4.62. The zero-order valence-electron chi connectivity index (χ0n) is 10.5.